The molecule has 1 fully saturated rings. The summed E-state index contributed by atoms with van der Waals surface area (Å²) < 4.78 is 0. The second kappa shape index (κ2) is 6.07. The van der Waals surface area contributed by atoms with Gasteiger partial charge in [0.2, 0.25) is 5.91 Å². The van der Waals surface area contributed by atoms with Crippen LogP contribution >= 0.6 is 0 Å². The monoisotopic (exact) mass is 275 g/mol. The van der Waals surface area contributed by atoms with E-state index in [-0.39, 0.29) is 18.2 Å². The number of aliphatic carboxylic acids is 1. The molecule has 0 aromatic heterocycles. The van der Waals surface area contributed by atoms with E-state index >= 15 is 0 Å². The van der Waals surface area contributed by atoms with Crippen LogP contribution in [0.1, 0.15) is 36.3 Å². The van der Waals surface area contributed by atoms with Crippen molar-refractivity contribution >= 4 is 11.9 Å². The van der Waals surface area contributed by atoms with Crippen LogP contribution in [0.4, 0.5) is 0 Å². The normalized spacial score (nSPS) is 20.5. The van der Waals surface area contributed by atoms with Crippen molar-refractivity contribution in [2.75, 3.05) is 13.6 Å². The number of amides is 1. The van der Waals surface area contributed by atoms with Gasteiger partial charge in [0.15, 0.2) is 0 Å². The van der Waals surface area contributed by atoms with E-state index in [2.05, 4.69) is 19.1 Å². The molecule has 0 spiro atoms. The van der Waals surface area contributed by atoms with Crippen molar-refractivity contribution in [1.82, 2.24) is 4.90 Å². The number of hydrogen-bond acceptors (Lipinski definition) is 2. The summed E-state index contributed by atoms with van der Waals surface area (Å²) in [5.74, 6) is -0.254. The Balaban J connectivity index is 1.86. The minimum Gasteiger partial charge on any atom is -0.481 e. The molecule has 0 bridgehead atoms. The Morgan fingerprint density at radius 3 is 2.70 bits per heavy atom. The highest BCUT2D eigenvalue weighted by molar-refractivity contribution is 5.83. The maximum absolute atomic E-state index is 12.3. The molecule has 1 saturated carbocycles. The zero-order chi connectivity index (χ0) is 14.7. The predicted molar refractivity (Wildman–Crippen MR) is 76.5 cm³/mol. The Bertz CT molecular complexity index is 512. The van der Waals surface area contributed by atoms with E-state index in [0.717, 1.165) is 6.42 Å². The quantitative estimate of drug-likeness (QED) is 0.867. The average Bonchev–Trinajstić information content (AvgIpc) is 3.18. The summed E-state index contributed by atoms with van der Waals surface area (Å²) in [5.41, 5.74) is 2.51. The van der Waals surface area contributed by atoms with Gasteiger partial charge in [-0.1, -0.05) is 24.3 Å². The summed E-state index contributed by atoms with van der Waals surface area (Å²) in [6, 6.07) is 8.19. The van der Waals surface area contributed by atoms with Gasteiger partial charge in [0.05, 0.1) is 0 Å². The molecular weight excluding hydrogens is 254 g/mol. The first-order chi connectivity index (χ1) is 9.50. The van der Waals surface area contributed by atoms with E-state index in [1.165, 1.54) is 11.1 Å². The van der Waals surface area contributed by atoms with Gasteiger partial charge in [-0.2, -0.15) is 0 Å². The lowest BCUT2D eigenvalue weighted by atomic mass is 10.0. The Hall–Kier alpha value is -1.84. The molecule has 4 heteroatoms. The highest BCUT2D eigenvalue weighted by atomic mass is 16.4. The van der Waals surface area contributed by atoms with Crippen LogP contribution in [0.15, 0.2) is 24.3 Å². The predicted octanol–water partition coefficient (Wildman–Crippen LogP) is 2.42. The molecule has 0 radical (unpaired) electrons. The molecule has 1 aromatic rings. The Morgan fingerprint density at radius 1 is 1.35 bits per heavy atom. The van der Waals surface area contributed by atoms with Crippen molar-refractivity contribution in [3.63, 3.8) is 0 Å². The minimum absolute atomic E-state index is 0.0749. The van der Waals surface area contributed by atoms with Crippen molar-refractivity contribution in [2.45, 2.75) is 32.1 Å². The third-order valence-corrected chi connectivity index (χ3v) is 3.96. The second-order valence-corrected chi connectivity index (χ2v) is 5.56. The second-order valence-electron chi connectivity index (χ2n) is 5.56. The van der Waals surface area contributed by atoms with Crippen LogP contribution in [0.2, 0.25) is 0 Å². The lowest BCUT2D eigenvalue weighted by molar-refractivity contribution is -0.138. The summed E-state index contributed by atoms with van der Waals surface area (Å²) in [6.07, 6.45) is 1.54. The van der Waals surface area contributed by atoms with Gasteiger partial charge in [-0.15, -0.1) is 0 Å². The number of benzene rings is 1. The fraction of sp³-hybridized carbons (Fsp3) is 0.500. The average molecular weight is 275 g/mol. The topological polar surface area (TPSA) is 57.6 Å². The van der Waals surface area contributed by atoms with Crippen LogP contribution in [-0.4, -0.2) is 35.5 Å². The van der Waals surface area contributed by atoms with E-state index < -0.39 is 5.97 Å². The minimum atomic E-state index is -0.810. The van der Waals surface area contributed by atoms with Crippen LogP contribution in [0.25, 0.3) is 0 Å². The SMILES string of the molecule is Cc1ccccc1[C@H]1C[C@H]1C(=O)N(C)CCCC(=O)O. The molecule has 1 aliphatic carbocycles. The number of carbonyl (C=O) groups is 2. The summed E-state index contributed by atoms with van der Waals surface area (Å²) in [6.45, 7) is 2.59. The zero-order valence-corrected chi connectivity index (χ0v) is 12.0. The number of hydrogen-bond donors (Lipinski definition) is 1. The smallest absolute Gasteiger partial charge is 0.303 e. The van der Waals surface area contributed by atoms with Gasteiger partial charge in [-0.05, 0) is 36.8 Å². The number of nitrogens with zero attached hydrogens (tertiary/aromatic N) is 1. The molecule has 1 amide bonds. The number of carbonyl (C=O) groups excluding carboxylic acids is 1. The van der Waals surface area contributed by atoms with Crippen molar-refractivity contribution in [3.8, 4) is 0 Å². The summed E-state index contributed by atoms with van der Waals surface area (Å²) in [4.78, 5) is 24.4. The van der Waals surface area contributed by atoms with E-state index in [0.29, 0.717) is 18.9 Å². The molecule has 20 heavy (non-hydrogen) atoms. The molecule has 108 valence electrons. The maximum atomic E-state index is 12.3. The number of rotatable bonds is 6. The standard InChI is InChI=1S/C16H21NO3/c1-11-6-3-4-7-12(11)13-10-14(13)16(20)17(2)9-5-8-15(18)19/h3-4,6-7,13-14H,5,8-10H2,1-2H3,(H,18,19)/t13-,14-/m1/s1. The Kier molecular flexibility index (Phi) is 4.42. The molecule has 2 atom stereocenters. The van der Waals surface area contributed by atoms with Gasteiger partial charge in [-0.3, -0.25) is 9.59 Å². The maximum Gasteiger partial charge on any atom is 0.303 e. The molecule has 1 N–H and O–H groups in total. The Labute approximate surface area is 119 Å². The fourth-order valence-corrected chi connectivity index (χ4v) is 2.68. The molecular formula is C16H21NO3. The molecule has 2 rings (SSSR count). The van der Waals surface area contributed by atoms with E-state index in [4.69, 9.17) is 5.11 Å². The van der Waals surface area contributed by atoms with Crippen LogP contribution in [0.5, 0.6) is 0 Å². The highest BCUT2D eigenvalue weighted by Gasteiger charge is 2.45. The Morgan fingerprint density at radius 2 is 2.05 bits per heavy atom. The van der Waals surface area contributed by atoms with Crippen molar-refractivity contribution in [3.05, 3.63) is 35.4 Å². The molecule has 1 aromatic carbocycles. The first kappa shape index (κ1) is 14.6. The van der Waals surface area contributed by atoms with Gasteiger partial charge in [0.25, 0.3) is 0 Å². The van der Waals surface area contributed by atoms with E-state index in [9.17, 15) is 9.59 Å². The zero-order valence-electron chi connectivity index (χ0n) is 12.0. The lowest BCUT2D eigenvalue weighted by Crippen LogP contribution is -2.29. The van der Waals surface area contributed by atoms with Gasteiger partial charge >= 0.3 is 5.97 Å². The van der Waals surface area contributed by atoms with Crippen LogP contribution in [0.3, 0.4) is 0 Å². The first-order valence-electron chi connectivity index (χ1n) is 7.03. The van der Waals surface area contributed by atoms with Crippen molar-refractivity contribution < 1.29 is 14.7 Å². The molecule has 0 aliphatic heterocycles. The highest BCUT2D eigenvalue weighted by Crippen LogP contribution is 2.49. The van der Waals surface area contributed by atoms with Crippen molar-refractivity contribution in [2.24, 2.45) is 5.92 Å². The van der Waals surface area contributed by atoms with E-state index in [1.807, 2.05) is 12.1 Å². The van der Waals surface area contributed by atoms with Crippen LogP contribution in [-0.2, 0) is 9.59 Å². The van der Waals surface area contributed by atoms with Crippen LogP contribution in [0, 0.1) is 12.8 Å². The van der Waals surface area contributed by atoms with Gasteiger partial charge in [0, 0.05) is 25.9 Å². The number of carboxylic acids is 1. The molecule has 0 unspecified atom stereocenters. The summed E-state index contributed by atoms with van der Waals surface area (Å²) >= 11 is 0. The fourth-order valence-electron chi connectivity index (χ4n) is 2.68. The summed E-state index contributed by atoms with van der Waals surface area (Å²) in [5, 5.41) is 8.60. The summed E-state index contributed by atoms with van der Waals surface area (Å²) in [7, 11) is 1.76. The third kappa shape index (κ3) is 3.38. The first-order valence-corrected chi connectivity index (χ1v) is 7.03. The third-order valence-electron chi connectivity index (χ3n) is 3.96. The number of aryl methyl sites for hydroxylation is 1. The van der Waals surface area contributed by atoms with Crippen LogP contribution < -0.4 is 0 Å². The lowest BCUT2D eigenvalue weighted by Gasteiger charge is -2.17. The van der Waals surface area contributed by atoms with Crippen molar-refractivity contribution in [1.29, 1.82) is 0 Å². The molecule has 0 heterocycles. The molecule has 4 nitrogen and oxygen atoms in total. The number of carboxylic acid groups (broad SMARTS) is 1. The van der Waals surface area contributed by atoms with Gasteiger partial charge < -0.3 is 10.0 Å². The molecule has 0 saturated heterocycles. The van der Waals surface area contributed by atoms with Gasteiger partial charge in [-0.25, -0.2) is 0 Å². The van der Waals surface area contributed by atoms with E-state index in [1.54, 1.807) is 11.9 Å². The largest absolute Gasteiger partial charge is 0.481 e. The molecule has 1 aliphatic rings. The van der Waals surface area contributed by atoms with Gasteiger partial charge in [0.1, 0.15) is 0 Å².